The van der Waals surface area contributed by atoms with Gasteiger partial charge in [-0.25, -0.2) is 4.98 Å². The van der Waals surface area contributed by atoms with Crippen molar-refractivity contribution in [3.8, 4) is 0 Å². The summed E-state index contributed by atoms with van der Waals surface area (Å²) >= 11 is 0. The molecule has 1 fully saturated rings. The molecule has 2 aromatic rings. The van der Waals surface area contributed by atoms with E-state index in [-0.39, 0.29) is 5.91 Å². The number of nitrogens with zero attached hydrogens (tertiary/aromatic N) is 3. The van der Waals surface area contributed by atoms with Gasteiger partial charge in [0.1, 0.15) is 5.82 Å². The first kappa shape index (κ1) is 16.1. The third kappa shape index (κ3) is 3.37. The molecule has 3 heterocycles. The van der Waals surface area contributed by atoms with Crippen LogP contribution < -0.4 is 10.2 Å². The number of aromatic nitrogens is 2. The molecule has 0 spiro atoms. The van der Waals surface area contributed by atoms with Gasteiger partial charge in [-0.15, -0.1) is 0 Å². The standard InChI is InChI=1S/C18H22N4O3/c23-18(16-14-5-1-2-6-15(14)21-25-16)20-12-13-4-3-7-19-17(13)22-8-10-24-11-9-22/h3-4,7H,1-2,5-6,8-12H2,(H,20,23). The monoisotopic (exact) mass is 342 g/mol. The van der Waals surface area contributed by atoms with Gasteiger partial charge in [-0.05, 0) is 31.7 Å². The first-order chi connectivity index (χ1) is 12.3. The lowest BCUT2D eigenvalue weighted by atomic mass is 9.96. The van der Waals surface area contributed by atoms with Crippen LogP contribution in [0.3, 0.4) is 0 Å². The Hall–Kier alpha value is -2.41. The molecule has 0 radical (unpaired) electrons. The topological polar surface area (TPSA) is 80.5 Å². The van der Waals surface area contributed by atoms with Crippen LogP contribution in [-0.2, 0) is 24.1 Å². The van der Waals surface area contributed by atoms with Crippen LogP contribution in [0.5, 0.6) is 0 Å². The summed E-state index contributed by atoms with van der Waals surface area (Å²) in [5.41, 5.74) is 2.90. The Balaban J connectivity index is 1.46. The van der Waals surface area contributed by atoms with E-state index in [0.717, 1.165) is 61.4 Å². The van der Waals surface area contributed by atoms with Crippen molar-refractivity contribution in [1.82, 2.24) is 15.5 Å². The highest BCUT2D eigenvalue weighted by molar-refractivity contribution is 5.93. The minimum absolute atomic E-state index is 0.201. The van der Waals surface area contributed by atoms with Gasteiger partial charge in [0.15, 0.2) is 0 Å². The number of hydrogen-bond donors (Lipinski definition) is 1. The molecule has 1 amide bonds. The summed E-state index contributed by atoms with van der Waals surface area (Å²) < 4.78 is 10.7. The molecule has 1 aliphatic carbocycles. The molecule has 1 saturated heterocycles. The van der Waals surface area contributed by atoms with Gasteiger partial charge in [0.25, 0.3) is 5.91 Å². The number of carbonyl (C=O) groups is 1. The zero-order valence-corrected chi connectivity index (χ0v) is 14.2. The molecule has 0 aromatic carbocycles. The van der Waals surface area contributed by atoms with Gasteiger partial charge in [0.05, 0.1) is 18.9 Å². The van der Waals surface area contributed by atoms with Crippen LogP contribution >= 0.6 is 0 Å². The smallest absolute Gasteiger partial charge is 0.290 e. The third-order valence-corrected chi connectivity index (χ3v) is 4.78. The molecule has 0 atom stereocenters. The number of morpholine rings is 1. The van der Waals surface area contributed by atoms with E-state index in [1.165, 1.54) is 0 Å². The van der Waals surface area contributed by atoms with Crippen LogP contribution in [-0.4, -0.2) is 42.4 Å². The molecule has 7 nitrogen and oxygen atoms in total. The van der Waals surface area contributed by atoms with Crippen LogP contribution in [0.25, 0.3) is 0 Å². The van der Waals surface area contributed by atoms with E-state index in [2.05, 4.69) is 20.4 Å². The van der Waals surface area contributed by atoms with Crippen LogP contribution in [0, 0.1) is 0 Å². The van der Waals surface area contributed by atoms with Gasteiger partial charge in [-0.3, -0.25) is 4.79 Å². The molecule has 4 rings (SSSR count). The number of pyridine rings is 1. The van der Waals surface area contributed by atoms with Crippen LogP contribution in [0.15, 0.2) is 22.9 Å². The SMILES string of the molecule is O=C(NCc1cccnc1N1CCOCC1)c1onc2c1CCCC2. The van der Waals surface area contributed by atoms with Gasteiger partial charge in [0.2, 0.25) is 5.76 Å². The number of hydrogen-bond acceptors (Lipinski definition) is 6. The first-order valence-electron chi connectivity index (χ1n) is 8.85. The van der Waals surface area contributed by atoms with Gasteiger partial charge in [-0.1, -0.05) is 11.2 Å². The molecule has 0 saturated carbocycles. The quantitative estimate of drug-likeness (QED) is 0.911. The van der Waals surface area contributed by atoms with E-state index in [1.807, 2.05) is 12.1 Å². The van der Waals surface area contributed by atoms with E-state index < -0.39 is 0 Å². The number of aryl methyl sites for hydroxylation is 1. The van der Waals surface area contributed by atoms with Gasteiger partial charge < -0.3 is 19.5 Å². The normalized spacial score (nSPS) is 17.2. The first-order valence-corrected chi connectivity index (χ1v) is 8.85. The maximum atomic E-state index is 12.5. The van der Waals surface area contributed by atoms with Crippen molar-refractivity contribution < 1.29 is 14.1 Å². The minimum Gasteiger partial charge on any atom is -0.378 e. The third-order valence-electron chi connectivity index (χ3n) is 4.78. The number of ether oxygens (including phenoxy) is 1. The Morgan fingerprint density at radius 1 is 1.24 bits per heavy atom. The maximum Gasteiger partial charge on any atom is 0.290 e. The van der Waals surface area contributed by atoms with Crippen molar-refractivity contribution in [3.63, 3.8) is 0 Å². The summed E-state index contributed by atoms with van der Waals surface area (Å²) in [4.78, 5) is 19.2. The van der Waals surface area contributed by atoms with E-state index in [9.17, 15) is 4.79 Å². The second kappa shape index (κ2) is 7.23. The molecule has 0 unspecified atom stereocenters. The lowest BCUT2D eigenvalue weighted by Crippen LogP contribution is -2.37. The fraction of sp³-hybridized carbons (Fsp3) is 0.500. The maximum absolute atomic E-state index is 12.5. The Morgan fingerprint density at radius 2 is 2.08 bits per heavy atom. The fourth-order valence-corrected chi connectivity index (χ4v) is 3.45. The number of amides is 1. The number of rotatable bonds is 4. The average molecular weight is 342 g/mol. The molecular weight excluding hydrogens is 320 g/mol. The van der Waals surface area contributed by atoms with Crippen LogP contribution in [0.4, 0.5) is 5.82 Å². The summed E-state index contributed by atoms with van der Waals surface area (Å²) in [7, 11) is 0. The largest absolute Gasteiger partial charge is 0.378 e. The highest BCUT2D eigenvalue weighted by Crippen LogP contribution is 2.24. The van der Waals surface area contributed by atoms with Gasteiger partial charge >= 0.3 is 0 Å². The van der Waals surface area contributed by atoms with Crippen molar-refractivity contribution in [2.24, 2.45) is 0 Å². The van der Waals surface area contributed by atoms with E-state index in [1.54, 1.807) is 6.20 Å². The molecule has 1 N–H and O–H groups in total. The number of fused-ring (bicyclic) bond motifs is 1. The lowest BCUT2D eigenvalue weighted by molar-refractivity contribution is 0.0912. The zero-order chi connectivity index (χ0) is 17.1. The van der Waals surface area contributed by atoms with Gasteiger partial charge in [0, 0.05) is 37.0 Å². The number of carbonyl (C=O) groups excluding carboxylic acids is 1. The van der Waals surface area contributed by atoms with E-state index >= 15 is 0 Å². The molecule has 2 aliphatic rings. The van der Waals surface area contributed by atoms with Crippen LogP contribution in [0.1, 0.15) is 40.2 Å². The van der Waals surface area contributed by atoms with Crippen LogP contribution in [0.2, 0.25) is 0 Å². The van der Waals surface area contributed by atoms with Crippen molar-refractivity contribution in [2.45, 2.75) is 32.2 Å². The summed E-state index contributed by atoms with van der Waals surface area (Å²) in [6, 6.07) is 3.88. The molecule has 132 valence electrons. The Morgan fingerprint density at radius 3 is 2.96 bits per heavy atom. The van der Waals surface area contributed by atoms with Crippen molar-refractivity contribution in [2.75, 3.05) is 31.2 Å². The molecule has 2 aromatic heterocycles. The van der Waals surface area contributed by atoms with E-state index in [0.29, 0.717) is 25.5 Å². The number of nitrogens with one attached hydrogen (secondary N) is 1. The second-order valence-corrected chi connectivity index (χ2v) is 6.41. The molecule has 25 heavy (non-hydrogen) atoms. The van der Waals surface area contributed by atoms with Crippen molar-refractivity contribution >= 4 is 11.7 Å². The highest BCUT2D eigenvalue weighted by Gasteiger charge is 2.24. The average Bonchev–Trinajstić information content (AvgIpc) is 3.11. The zero-order valence-electron chi connectivity index (χ0n) is 14.2. The fourth-order valence-electron chi connectivity index (χ4n) is 3.45. The molecule has 1 aliphatic heterocycles. The van der Waals surface area contributed by atoms with Crippen molar-refractivity contribution in [1.29, 1.82) is 0 Å². The molecule has 0 bridgehead atoms. The summed E-state index contributed by atoms with van der Waals surface area (Å²) in [6.45, 7) is 3.44. The lowest BCUT2D eigenvalue weighted by Gasteiger charge is -2.29. The second-order valence-electron chi connectivity index (χ2n) is 6.41. The van der Waals surface area contributed by atoms with Gasteiger partial charge in [-0.2, -0.15) is 0 Å². The summed E-state index contributed by atoms with van der Waals surface area (Å²) in [6.07, 6.45) is 5.74. The predicted molar refractivity (Wildman–Crippen MR) is 91.6 cm³/mol. The Labute approximate surface area is 146 Å². The minimum atomic E-state index is -0.201. The van der Waals surface area contributed by atoms with E-state index in [4.69, 9.17) is 9.26 Å². The predicted octanol–water partition coefficient (Wildman–Crippen LogP) is 1.71. The molecule has 7 heteroatoms. The Bertz CT molecular complexity index is 753. The van der Waals surface area contributed by atoms with Crippen molar-refractivity contribution in [3.05, 3.63) is 40.9 Å². The number of anilines is 1. The summed E-state index contributed by atoms with van der Waals surface area (Å²) in [5, 5.41) is 7.01. The highest BCUT2D eigenvalue weighted by atomic mass is 16.5. The summed E-state index contributed by atoms with van der Waals surface area (Å²) in [5.74, 6) is 1.07. The molecular formula is C18H22N4O3. The Kier molecular flexibility index (Phi) is 4.65.